The van der Waals surface area contributed by atoms with E-state index >= 15 is 0 Å². The molecule has 1 heterocycles. The van der Waals surface area contributed by atoms with E-state index in [0.717, 1.165) is 13.0 Å². The minimum absolute atomic E-state index is 0.250. The van der Waals surface area contributed by atoms with Crippen molar-refractivity contribution in [1.82, 2.24) is 10.3 Å². The lowest BCUT2D eigenvalue weighted by atomic mass is 9.99. The minimum atomic E-state index is 0.250. The number of benzene rings is 1. The lowest BCUT2D eigenvalue weighted by molar-refractivity contribution is 0.592. The Bertz CT molecular complexity index is 609. The first kappa shape index (κ1) is 14.7. The first-order chi connectivity index (χ1) is 10.2. The summed E-state index contributed by atoms with van der Waals surface area (Å²) in [6.07, 6.45) is 4.82. The molecular weight excluding hydrogens is 276 g/mol. The van der Waals surface area contributed by atoms with Crippen molar-refractivity contribution in [3.8, 4) is 0 Å². The number of hydrogen-bond donors (Lipinski definition) is 1. The summed E-state index contributed by atoms with van der Waals surface area (Å²) < 4.78 is 0. The van der Waals surface area contributed by atoms with Crippen LogP contribution < -0.4 is 5.32 Å². The Morgan fingerprint density at radius 1 is 1.29 bits per heavy atom. The Labute approximate surface area is 131 Å². The van der Waals surface area contributed by atoms with E-state index in [2.05, 4.69) is 44.3 Å². The van der Waals surface area contributed by atoms with Crippen LogP contribution in [0.1, 0.15) is 58.1 Å². The smallest absolute Gasteiger partial charge is 0.115 e. The van der Waals surface area contributed by atoms with Crippen molar-refractivity contribution in [1.29, 1.82) is 0 Å². The van der Waals surface area contributed by atoms with Crippen molar-refractivity contribution >= 4 is 11.3 Å². The molecule has 1 unspecified atom stereocenters. The molecule has 0 spiro atoms. The summed E-state index contributed by atoms with van der Waals surface area (Å²) >= 11 is 1.92. The van der Waals surface area contributed by atoms with Gasteiger partial charge in [-0.25, -0.2) is 4.98 Å². The zero-order chi connectivity index (χ0) is 14.8. The summed E-state index contributed by atoms with van der Waals surface area (Å²) in [4.78, 5) is 6.46. The Kier molecular flexibility index (Phi) is 4.41. The predicted molar refractivity (Wildman–Crippen MR) is 90.2 cm³/mol. The van der Waals surface area contributed by atoms with Gasteiger partial charge in [-0.1, -0.05) is 30.7 Å². The Morgan fingerprint density at radius 2 is 2.14 bits per heavy atom. The molecule has 0 radical (unpaired) electrons. The lowest BCUT2D eigenvalue weighted by Gasteiger charge is -2.19. The molecule has 21 heavy (non-hydrogen) atoms. The maximum Gasteiger partial charge on any atom is 0.115 e. The number of thiazole rings is 1. The second-order valence-electron chi connectivity index (χ2n) is 6.02. The van der Waals surface area contributed by atoms with Crippen molar-refractivity contribution in [3.05, 3.63) is 50.5 Å². The van der Waals surface area contributed by atoms with E-state index in [4.69, 9.17) is 4.98 Å². The molecule has 1 aliphatic rings. The molecular formula is C18H24N2S. The van der Waals surface area contributed by atoms with Crippen molar-refractivity contribution in [2.45, 2.75) is 52.5 Å². The lowest BCUT2D eigenvalue weighted by Crippen LogP contribution is -2.24. The molecule has 112 valence electrons. The number of rotatable bonds is 5. The standard InChI is InChI=1S/C18H24N2S/c1-4-10-19-17(14-11-12(2)8-9-13(14)3)18-20-15-6-5-7-16(15)21-18/h8-9,11,17,19H,4-7,10H2,1-3H3. The van der Waals surface area contributed by atoms with Gasteiger partial charge in [0.05, 0.1) is 11.7 Å². The van der Waals surface area contributed by atoms with Gasteiger partial charge in [0.1, 0.15) is 5.01 Å². The van der Waals surface area contributed by atoms with E-state index in [1.807, 2.05) is 11.3 Å². The molecule has 1 atom stereocenters. The highest BCUT2D eigenvalue weighted by molar-refractivity contribution is 7.11. The van der Waals surface area contributed by atoms with E-state index in [0.29, 0.717) is 0 Å². The van der Waals surface area contributed by atoms with Crippen LogP contribution >= 0.6 is 11.3 Å². The van der Waals surface area contributed by atoms with Gasteiger partial charge in [-0.15, -0.1) is 11.3 Å². The third kappa shape index (κ3) is 3.04. The summed E-state index contributed by atoms with van der Waals surface area (Å²) in [5.41, 5.74) is 5.41. The molecule has 1 aliphatic carbocycles. The van der Waals surface area contributed by atoms with Gasteiger partial charge < -0.3 is 5.32 Å². The van der Waals surface area contributed by atoms with Crippen LogP contribution in [0.5, 0.6) is 0 Å². The van der Waals surface area contributed by atoms with Crippen LogP contribution in [0.3, 0.4) is 0 Å². The Hall–Kier alpha value is -1.19. The van der Waals surface area contributed by atoms with Crippen LogP contribution in [0.2, 0.25) is 0 Å². The summed E-state index contributed by atoms with van der Waals surface area (Å²) in [5.74, 6) is 0. The molecule has 2 aromatic rings. The number of nitrogens with one attached hydrogen (secondary N) is 1. The number of aromatic nitrogens is 1. The van der Waals surface area contributed by atoms with Gasteiger partial charge in [-0.2, -0.15) is 0 Å². The van der Waals surface area contributed by atoms with Crippen LogP contribution in [-0.2, 0) is 12.8 Å². The summed E-state index contributed by atoms with van der Waals surface area (Å²) in [6.45, 7) is 7.62. The molecule has 1 aromatic heterocycles. The number of hydrogen-bond acceptors (Lipinski definition) is 3. The molecule has 0 saturated heterocycles. The van der Waals surface area contributed by atoms with E-state index in [1.54, 1.807) is 0 Å². The molecule has 0 amide bonds. The zero-order valence-corrected chi connectivity index (χ0v) is 14.0. The normalized spacial score (nSPS) is 15.2. The molecule has 1 aromatic carbocycles. The van der Waals surface area contributed by atoms with Crippen LogP contribution in [0.25, 0.3) is 0 Å². The zero-order valence-electron chi connectivity index (χ0n) is 13.2. The highest BCUT2D eigenvalue weighted by Crippen LogP contribution is 2.34. The highest BCUT2D eigenvalue weighted by atomic mass is 32.1. The van der Waals surface area contributed by atoms with Crippen molar-refractivity contribution in [2.24, 2.45) is 0 Å². The average Bonchev–Trinajstić information content (AvgIpc) is 3.04. The largest absolute Gasteiger partial charge is 0.304 e. The first-order valence-corrected chi connectivity index (χ1v) is 8.79. The molecule has 0 saturated carbocycles. The number of aryl methyl sites for hydroxylation is 4. The van der Waals surface area contributed by atoms with Gasteiger partial charge in [0.25, 0.3) is 0 Å². The van der Waals surface area contributed by atoms with Crippen LogP contribution in [-0.4, -0.2) is 11.5 Å². The van der Waals surface area contributed by atoms with Gasteiger partial charge in [0.15, 0.2) is 0 Å². The van der Waals surface area contributed by atoms with Gasteiger partial charge in [0, 0.05) is 4.88 Å². The maximum absolute atomic E-state index is 4.95. The van der Waals surface area contributed by atoms with Gasteiger partial charge in [-0.3, -0.25) is 0 Å². The fourth-order valence-corrected chi connectivity index (χ4v) is 4.27. The Morgan fingerprint density at radius 3 is 2.90 bits per heavy atom. The third-order valence-corrected chi connectivity index (χ3v) is 5.43. The van der Waals surface area contributed by atoms with Crippen molar-refractivity contribution in [3.63, 3.8) is 0 Å². The molecule has 3 heteroatoms. The van der Waals surface area contributed by atoms with E-state index < -0.39 is 0 Å². The van der Waals surface area contributed by atoms with E-state index in [-0.39, 0.29) is 6.04 Å². The topological polar surface area (TPSA) is 24.9 Å². The SMILES string of the molecule is CCCNC(c1nc2c(s1)CCC2)c1cc(C)ccc1C. The fraction of sp³-hybridized carbons (Fsp3) is 0.500. The average molecular weight is 300 g/mol. The molecule has 0 aliphatic heterocycles. The fourth-order valence-electron chi connectivity index (χ4n) is 3.02. The molecule has 0 bridgehead atoms. The Balaban J connectivity index is 1.98. The van der Waals surface area contributed by atoms with Crippen LogP contribution in [0.4, 0.5) is 0 Å². The first-order valence-electron chi connectivity index (χ1n) is 7.98. The quantitative estimate of drug-likeness (QED) is 0.888. The van der Waals surface area contributed by atoms with Gasteiger partial charge in [0.2, 0.25) is 0 Å². The summed E-state index contributed by atoms with van der Waals surface area (Å²) in [6, 6.07) is 6.99. The minimum Gasteiger partial charge on any atom is -0.304 e. The maximum atomic E-state index is 4.95. The number of fused-ring (bicyclic) bond motifs is 1. The summed E-state index contributed by atoms with van der Waals surface area (Å²) in [7, 11) is 0. The monoisotopic (exact) mass is 300 g/mol. The van der Waals surface area contributed by atoms with E-state index in [1.165, 1.54) is 51.5 Å². The second kappa shape index (κ2) is 6.29. The van der Waals surface area contributed by atoms with Gasteiger partial charge in [-0.05, 0) is 57.2 Å². The molecule has 3 rings (SSSR count). The second-order valence-corrected chi connectivity index (χ2v) is 7.14. The predicted octanol–water partition coefficient (Wildman–Crippen LogP) is 4.34. The molecule has 2 nitrogen and oxygen atoms in total. The van der Waals surface area contributed by atoms with E-state index in [9.17, 15) is 0 Å². The van der Waals surface area contributed by atoms with Crippen molar-refractivity contribution < 1.29 is 0 Å². The van der Waals surface area contributed by atoms with Gasteiger partial charge >= 0.3 is 0 Å². The third-order valence-electron chi connectivity index (χ3n) is 4.20. The van der Waals surface area contributed by atoms with Crippen LogP contribution in [0, 0.1) is 13.8 Å². The molecule has 1 N–H and O–H groups in total. The summed E-state index contributed by atoms with van der Waals surface area (Å²) in [5, 5.41) is 4.96. The molecule has 0 fully saturated rings. The van der Waals surface area contributed by atoms with Crippen molar-refractivity contribution in [2.75, 3.05) is 6.54 Å². The van der Waals surface area contributed by atoms with Crippen LogP contribution in [0.15, 0.2) is 18.2 Å². The highest BCUT2D eigenvalue weighted by Gasteiger charge is 2.23. The number of nitrogens with zero attached hydrogens (tertiary/aromatic N) is 1.